The summed E-state index contributed by atoms with van der Waals surface area (Å²) < 4.78 is 19.1. The summed E-state index contributed by atoms with van der Waals surface area (Å²) in [6.07, 6.45) is 1.40. The van der Waals surface area contributed by atoms with E-state index in [-0.39, 0.29) is 41.9 Å². The first-order chi connectivity index (χ1) is 12.0. The van der Waals surface area contributed by atoms with Gasteiger partial charge in [0.15, 0.2) is 5.96 Å². The molecule has 0 aliphatic carbocycles. The quantitative estimate of drug-likeness (QED) is 0.347. The number of ether oxygens (including phenoxy) is 1. The maximum Gasteiger partial charge on any atom is 0.409 e. The van der Waals surface area contributed by atoms with Crippen molar-refractivity contribution in [3.05, 3.63) is 34.1 Å². The van der Waals surface area contributed by atoms with Crippen LogP contribution in [0.15, 0.2) is 27.7 Å². The molecule has 1 amide bonds. The molecule has 1 aromatic rings. The molecule has 1 aliphatic heterocycles. The van der Waals surface area contributed by atoms with Crippen LogP contribution in [0.5, 0.6) is 0 Å². The van der Waals surface area contributed by atoms with Crippen molar-refractivity contribution >= 4 is 52.0 Å². The van der Waals surface area contributed by atoms with Crippen molar-refractivity contribution in [1.29, 1.82) is 0 Å². The van der Waals surface area contributed by atoms with E-state index in [2.05, 4.69) is 31.6 Å². The van der Waals surface area contributed by atoms with Crippen molar-refractivity contribution in [2.45, 2.75) is 32.4 Å². The lowest BCUT2D eigenvalue weighted by molar-refractivity contribution is 0.0963. The Morgan fingerprint density at radius 2 is 2.08 bits per heavy atom. The van der Waals surface area contributed by atoms with Crippen LogP contribution in [0, 0.1) is 5.82 Å². The molecule has 0 atom stereocenters. The Hall–Kier alpha value is -1.10. The van der Waals surface area contributed by atoms with E-state index in [1.165, 1.54) is 12.1 Å². The van der Waals surface area contributed by atoms with Gasteiger partial charge in [-0.3, -0.25) is 4.99 Å². The van der Waals surface area contributed by atoms with Gasteiger partial charge in [-0.05, 0) is 43.5 Å². The number of carbonyl (C=O) groups excluding carboxylic acids is 1. The van der Waals surface area contributed by atoms with E-state index in [4.69, 9.17) is 4.74 Å². The summed E-state index contributed by atoms with van der Waals surface area (Å²) in [6, 6.07) is 5.01. The Labute approximate surface area is 179 Å². The molecule has 2 N–H and O–H groups in total. The minimum absolute atomic E-state index is 0. The van der Waals surface area contributed by atoms with Crippen LogP contribution in [0.25, 0.3) is 0 Å². The summed E-state index contributed by atoms with van der Waals surface area (Å²) in [5, 5.41) is 6.54. The van der Waals surface area contributed by atoms with E-state index in [1.807, 2.05) is 6.07 Å². The Bertz CT molecular complexity index is 605. The summed E-state index contributed by atoms with van der Waals surface area (Å²) in [5.41, 5.74) is 0.826. The molecule has 0 bridgehead atoms. The van der Waals surface area contributed by atoms with Crippen LogP contribution < -0.4 is 10.6 Å². The van der Waals surface area contributed by atoms with Crippen molar-refractivity contribution in [3.8, 4) is 0 Å². The minimum atomic E-state index is -0.277. The third kappa shape index (κ3) is 7.26. The SMILES string of the molecule is CCOC(=O)N1CCC(NC(=NC)NCc2cc(F)cc(Br)c2)CC1.I. The van der Waals surface area contributed by atoms with Gasteiger partial charge in [0.2, 0.25) is 0 Å². The summed E-state index contributed by atoms with van der Waals surface area (Å²) in [4.78, 5) is 17.6. The number of nitrogens with one attached hydrogen (secondary N) is 2. The molecule has 0 unspecified atom stereocenters. The number of benzene rings is 1. The number of halogens is 3. The maximum absolute atomic E-state index is 13.4. The van der Waals surface area contributed by atoms with E-state index < -0.39 is 0 Å². The van der Waals surface area contributed by atoms with Gasteiger partial charge in [0.1, 0.15) is 5.82 Å². The zero-order valence-corrected chi connectivity index (χ0v) is 18.8. The molecule has 1 saturated heterocycles. The predicted octanol–water partition coefficient (Wildman–Crippen LogP) is 3.49. The van der Waals surface area contributed by atoms with Crippen molar-refractivity contribution in [1.82, 2.24) is 15.5 Å². The highest BCUT2D eigenvalue weighted by atomic mass is 127. The van der Waals surface area contributed by atoms with Gasteiger partial charge in [-0.1, -0.05) is 15.9 Å². The summed E-state index contributed by atoms with van der Waals surface area (Å²) in [7, 11) is 1.70. The Balaban J connectivity index is 0.00000338. The fourth-order valence-corrected chi connectivity index (χ4v) is 3.22. The number of guanidine groups is 1. The van der Waals surface area contributed by atoms with E-state index in [9.17, 15) is 9.18 Å². The molecule has 0 spiro atoms. The number of hydrogen-bond acceptors (Lipinski definition) is 3. The van der Waals surface area contributed by atoms with Crippen LogP contribution in [0.1, 0.15) is 25.3 Å². The molecule has 0 aromatic heterocycles. The number of nitrogens with zero attached hydrogens (tertiary/aromatic N) is 2. The van der Waals surface area contributed by atoms with Gasteiger partial charge < -0.3 is 20.3 Å². The van der Waals surface area contributed by atoms with Crippen LogP contribution in [-0.2, 0) is 11.3 Å². The van der Waals surface area contributed by atoms with E-state index in [0.29, 0.717) is 36.7 Å². The topological polar surface area (TPSA) is 66.0 Å². The van der Waals surface area contributed by atoms with Crippen molar-refractivity contribution in [2.75, 3.05) is 26.7 Å². The standard InChI is InChI=1S/C17H24BrFN4O2.HI/c1-3-25-17(24)23-6-4-15(5-7-23)22-16(20-2)21-11-12-8-13(18)10-14(19)9-12;/h8-10,15H,3-7,11H2,1-2H3,(H2,20,21,22);1H. The Morgan fingerprint density at radius 3 is 2.65 bits per heavy atom. The molecule has 26 heavy (non-hydrogen) atoms. The smallest absolute Gasteiger partial charge is 0.409 e. The van der Waals surface area contributed by atoms with E-state index in [0.717, 1.165) is 18.4 Å². The van der Waals surface area contributed by atoms with Gasteiger partial charge in [0.25, 0.3) is 0 Å². The lowest BCUT2D eigenvalue weighted by Gasteiger charge is -2.32. The minimum Gasteiger partial charge on any atom is -0.450 e. The van der Waals surface area contributed by atoms with Gasteiger partial charge in [-0.15, -0.1) is 24.0 Å². The van der Waals surface area contributed by atoms with Gasteiger partial charge in [0, 0.05) is 37.2 Å². The Kier molecular flexibility index (Phi) is 10.2. The van der Waals surface area contributed by atoms with Gasteiger partial charge in [-0.25, -0.2) is 9.18 Å². The molecule has 6 nitrogen and oxygen atoms in total. The summed E-state index contributed by atoms with van der Waals surface area (Å²) in [5.74, 6) is 0.385. The molecule has 1 aliphatic rings. The first-order valence-electron chi connectivity index (χ1n) is 8.35. The van der Waals surface area contributed by atoms with Crippen molar-refractivity contribution < 1.29 is 13.9 Å². The number of hydrogen-bond donors (Lipinski definition) is 2. The lowest BCUT2D eigenvalue weighted by atomic mass is 10.1. The normalized spacial score (nSPS) is 15.2. The first-order valence-corrected chi connectivity index (χ1v) is 9.15. The predicted molar refractivity (Wildman–Crippen MR) is 114 cm³/mol. The third-order valence-electron chi connectivity index (χ3n) is 3.97. The van der Waals surface area contributed by atoms with Crippen LogP contribution in [0.3, 0.4) is 0 Å². The van der Waals surface area contributed by atoms with Crippen LogP contribution in [0.2, 0.25) is 0 Å². The molecule has 0 radical (unpaired) electrons. The zero-order chi connectivity index (χ0) is 18.2. The molecular formula is C17H25BrFIN4O2. The number of aliphatic imine (C=N–C) groups is 1. The second kappa shape index (κ2) is 11.6. The molecular weight excluding hydrogens is 518 g/mol. The number of rotatable bonds is 4. The monoisotopic (exact) mass is 542 g/mol. The molecule has 2 rings (SSSR count). The first kappa shape index (κ1) is 22.9. The van der Waals surface area contributed by atoms with E-state index >= 15 is 0 Å². The van der Waals surface area contributed by atoms with E-state index in [1.54, 1.807) is 18.9 Å². The van der Waals surface area contributed by atoms with Crippen LogP contribution in [-0.4, -0.2) is 49.7 Å². The molecule has 0 saturated carbocycles. The third-order valence-corrected chi connectivity index (χ3v) is 4.43. The second-order valence-corrected chi connectivity index (χ2v) is 6.72. The second-order valence-electron chi connectivity index (χ2n) is 5.81. The number of amides is 1. The zero-order valence-electron chi connectivity index (χ0n) is 14.9. The highest BCUT2D eigenvalue weighted by Crippen LogP contribution is 2.15. The van der Waals surface area contributed by atoms with Gasteiger partial charge in [0.05, 0.1) is 6.61 Å². The lowest BCUT2D eigenvalue weighted by Crippen LogP contribution is -2.49. The Morgan fingerprint density at radius 1 is 1.38 bits per heavy atom. The van der Waals surface area contributed by atoms with Crippen LogP contribution >= 0.6 is 39.9 Å². The number of likely N-dealkylation sites (tertiary alicyclic amines) is 1. The van der Waals surface area contributed by atoms with Crippen LogP contribution in [0.4, 0.5) is 9.18 Å². The fourth-order valence-electron chi connectivity index (χ4n) is 2.71. The summed E-state index contributed by atoms with van der Waals surface area (Å²) in [6.45, 7) is 3.98. The number of piperidine rings is 1. The number of carbonyl (C=O) groups is 1. The fraction of sp³-hybridized carbons (Fsp3) is 0.529. The maximum atomic E-state index is 13.4. The molecule has 1 aromatic carbocycles. The van der Waals surface area contributed by atoms with Crippen molar-refractivity contribution in [3.63, 3.8) is 0 Å². The average molecular weight is 543 g/mol. The molecule has 1 fully saturated rings. The van der Waals surface area contributed by atoms with Gasteiger partial charge >= 0.3 is 6.09 Å². The molecule has 146 valence electrons. The molecule has 1 heterocycles. The highest BCUT2D eigenvalue weighted by molar-refractivity contribution is 14.0. The average Bonchev–Trinajstić information content (AvgIpc) is 2.58. The molecule has 9 heteroatoms. The van der Waals surface area contributed by atoms with Gasteiger partial charge in [-0.2, -0.15) is 0 Å². The largest absolute Gasteiger partial charge is 0.450 e. The summed E-state index contributed by atoms with van der Waals surface area (Å²) >= 11 is 3.29. The highest BCUT2D eigenvalue weighted by Gasteiger charge is 2.23. The van der Waals surface area contributed by atoms with Crippen molar-refractivity contribution in [2.24, 2.45) is 4.99 Å².